The normalized spacial score (nSPS) is 10.8. The van der Waals surface area contributed by atoms with Crippen molar-refractivity contribution >= 4 is 17.8 Å². The van der Waals surface area contributed by atoms with E-state index in [2.05, 4.69) is 4.98 Å². The van der Waals surface area contributed by atoms with Crippen molar-refractivity contribution in [3.8, 4) is 0 Å². The first-order valence-corrected chi connectivity index (χ1v) is 6.33. The topological polar surface area (TPSA) is 109 Å². The molecule has 1 aromatic rings. The van der Waals surface area contributed by atoms with Gasteiger partial charge in [-0.2, -0.15) is 0 Å². The molecule has 1 rings (SSSR count). The van der Waals surface area contributed by atoms with E-state index in [0.29, 0.717) is 0 Å². The number of hydrogen-bond acceptors (Lipinski definition) is 7. The van der Waals surface area contributed by atoms with Crippen molar-refractivity contribution in [1.29, 1.82) is 0 Å². The fraction of sp³-hybridized carbons (Fsp3) is 0.462. The predicted octanol–water partition coefficient (Wildman–Crippen LogP) is 1.37. The van der Waals surface area contributed by atoms with Crippen molar-refractivity contribution in [3.63, 3.8) is 0 Å². The number of nitrogens with zero attached hydrogens (tertiary/aromatic N) is 2. The van der Waals surface area contributed by atoms with Crippen molar-refractivity contribution in [3.05, 3.63) is 34.0 Å². The molecule has 0 aromatic carbocycles. The Kier molecular flexibility index (Phi) is 5.34. The Balaban J connectivity index is 3.26. The molecule has 0 saturated carbocycles. The molecule has 0 atom stereocenters. The molecule has 0 radical (unpaired) electrons. The summed E-state index contributed by atoms with van der Waals surface area (Å²) in [7, 11) is 0. The lowest BCUT2D eigenvalue weighted by molar-refractivity contribution is -0.389. The van der Waals surface area contributed by atoms with Crippen LogP contribution in [-0.2, 0) is 24.5 Å². The van der Waals surface area contributed by atoms with Crippen LogP contribution in [0.15, 0.2) is 18.3 Å². The summed E-state index contributed by atoms with van der Waals surface area (Å²) in [6.07, 6.45) is 1.10. The highest BCUT2D eigenvalue weighted by Crippen LogP contribution is 2.28. The van der Waals surface area contributed by atoms with Gasteiger partial charge in [0.25, 0.3) is 0 Å². The second-order valence-electron chi connectivity index (χ2n) is 4.23. The summed E-state index contributed by atoms with van der Waals surface area (Å²) < 4.78 is 9.81. The molecule has 1 aromatic heterocycles. The summed E-state index contributed by atoms with van der Waals surface area (Å²) in [6, 6.07) is 2.41. The Bertz CT molecular complexity index is 522. The molecule has 0 aliphatic heterocycles. The Morgan fingerprint density at radius 2 is 1.76 bits per heavy atom. The van der Waals surface area contributed by atoms with Crippen LogP contribution in [0.5, 0.6) is 0 Å². The Hall–Kier alpha value is -2.51. The maximum Gasteiger partial charge on any atom is 0.363 e. The monoisotopic (exact) mass is 296 g/mol. The predicted molar refractivity (Wildman–Crippen MR) is 71.5 cm³/mol. The minimum atomic E-state index is -1.71. The van der Waals surface area contributed by atoms with Crippen molar-refractivity contribution in [2.24, 2.45) is 0 Å². The molecule has 114 valence electrons. The minimum Gasteiger partial charge on any atom is -0.465 e. The second-order valence-corrected chi connectivity index (χ2v) is 4.23. The first kappa shape index (κ1) is 16.5. The van der Waals surface area contributed by atoms with Gasteiger partial charge in [-0.1, -0.05) is 0 Å². The largest absolute Gasteiger partial charge is 0.465 e. The number of nitro groups is 1. The van der Waals surface area contributed by atoms with Crippen LogP contribution in [0.3, 0.4) is 0 Å². The third kappa shape index (κ3) is 3.33. The maximum atomic E-state index is 12.1. The van der Waals surface area contributed by atoms with Gasteiger partial charge in [-0.05, 0) is 36.7 Å². The highest BCUT2D eigenvalue weighted by Gasteiger charge is 2.47. The van der Waals surface area contributed by atoms with Gasteiger partial charge < -0.3 is 19.6 Å². The lowest BCUT2D eigenvalue weighted by Crippen LogP contribution is -2.43. The molecule has 0 saturated heterocycles. The van der Waals surface area contributed by atoms with Crippen molar-refractivity contribution < 1.29 is 24.0 Å². The van der Waals surface area contributed by atoms with Crippen LogP contribution >= 0.6 is 0 Å². The lowest BCUT2D eigenvalue weighted by atomic mass is 9.83. The molecule has 1 heterocycles. The summed E-state index contributed by atoms with van der Waals surface area (Å²) in [4.78, 5) is 37.8. The van der Waals surface area contributed by atoms with Gasteiger partial charge in [0.1, 0.15) is 6.20 Å². The standard InChI is InChI=1S/C13H16N2O6/c1-4-20-11(16)13(3,12(17)21-5-2)9-6-7-10(14-8-9)15(18)19/h6-8H,4-5H2,1-3H3. The zero-order chi connectivity index (χ0) is 16.0. The van der Waals surface area contributed by atoms with Crippen LogP contribution in [-0.4, -0.2) is 35.1 Å². The number of carbonyl (C=O) groups is 2. The summed E-state index contributed by atoms with van der Waals surface area (Å²) in [6.45, 7) is 4.74. The second kappa shape index (κ2) is 6.78. The zero-order valence-corrected chi connectivity index (χ0v) is 12.0. The quantitative estimate of drug-likeness (QED) is 0.337. The fourth-order valence-electron chi connectivity index (χ4n) is 1.66. The number of pyridine rings is 1. The van der Waals surface area contributed by atoms with Gasteiger partial charge in [0.2, 0.25) is 0 Å². The van der Waals surface area contributed by atoms with E-state index in [0.717, 1.165) is 12.3 Å². The van der Waals surface area contributed by atoms with E-state index in [1.54, 1.807) is 13.8 Å². The Labute approximate surface area is 121 Å². The number of esters is 2. The van der Waals surface area contributed by atoms with Gasteiger partial charge in [0.05, 0.1) is 13.2 Å². The molecule has 0 aliphatic rings. The van der Waals surface area contributed by atoms with Gasteiger partial charge in [-0.3, -0.25) is 9.59 Å². The van der Waals surface area contributed by atoms with E-state index in [1.165, 1.54) is 13.0 Å². The van der Waals surface area contributed by atoms with Gasteiger partial charge in [0.15, 0.2) is 5.41 Å². The average molecular weight is 296 g/mol. The molecular weight excluding hydrogens is 280 g/mol. The molecule has 8 nitrogen and oxygen atoms in total. The third-order valence-corrected chi connectivity index (χ3v) is 2.88. The number of hydrogen-bond donors (Lipinski definition) is 0. The number of carbonyl (C=O) groups excluding carboxylic acids is 2. The van der Waals surface area contributed by atoms with E-state index in [1.807, 2.05) is 0 Å². The van der Waals surface area contributed by atoms with Crippen LogP contribution in [0.4, 0.5) is 5.82 Å². The zero-order valence-electron chi connectivity index (χ0n) is 12.0. The Morgan fingerprint density at radius 3 is 2.10 bits per heavy atom. The van der Waals surface area contributed by atoms with Crippen LogP contribution in [0.1, 0.15) is 26.3 Å². The van der Waals surface area contributed by atoms with E-state index in [-0.39, 0.29) is 24.6 Å². The van der Waals surface area contributed by atoms with Gasteiger partial charge in [-0.15, -0.1) is 0 Å². The molecule has 0 spiro atoms. The van der Waals surface area contributed by atoms with E-state index in [4.69, 9.17) is 9.47 Å². The molecule has 0 aliphatic carbocycles. The summed E-state index contributed by atoms with van der Waals surface area (Å²) >= 11 is 0. The number of ether oxygens (including phenoxy) is 2. The molecule has 0 fully saturated rings. The summed E-state index contributed by atoms with van der Waals surface area (Å²) in [5, 5.41) is 10.6. The van der Waals surface area contributed by atoms with Crippen molar-refractivity contribution in [1.82, 2.24) is 4.98 Å². The fourth-order valence-corrected chi connectivity index (χ4v) is 1.66. The number of aromatic nitrogens is 1. The average Bonchev–Trinajstić information content (AvgIpc) is 2.46. The highest BCUT2D eigenvalue weighted by molar-refractivity contribution is 6.05. The molecular formula is C13H16N2O6. The van der Waals surface area contributed by atoms with Crippen LogP contribution in [0.25, 0.3) is 0 Å². The number of rotatable bonds is 6. The third-order valence-electron chi connectivity index (χ3n) is 2.88. The van der Waals surface area contributed by atoms with E-state index < -0.39 is 22.3 Å². The first-order valence-electron chi connectivity index (χ1n) is 6.33. The van der Waals surface area contributed by atoms with E-state index >= 15 is 0 Å². The lowest BCUT2D eigenvalue weighted by Gasteiger charge is -2.24. The molecule has 8 heteroatoms. The van der Waals surface area contributed by atoms with Crippen LogP contribution < -0.4 is 0 Å². The van der Waals surface area contributed by atoms with Crippen molar-refractivity contribution in [2.75, 3.05) is 13.2 Å². The SMILES string of the molecule is CCOC(=O)C(C)(C(=O)OCC)c1ccc([N+](=O)[O-])nc1. The van der Waals surface area contributed by atoms with Gasteiger partial charge >= 0.3 is 17.8 Å². The van der Waals surface area contributed by atoms with Gasteiger partial charge in [-0.25, -0.2) is 0 Å². The molecule has 0 bridgehead atoms. The van der Waals surface area contributed by atoms with Crippen molar-refractivity contribution in [2.45, 2.75) is 26.2 Å². The first-order chi connectivity index (χ1) is 9.87. The molecule has 21 heavy (non-hydrogen) atoms. The molecule has 0 N–H and O–H groups in total. The van der Waals surface area contributed by atoms with E-state index in [9.17, 15) is 19.7 Å². The smallest absolute Gasteiger partial charge is 0.363 e. The molecule has 0 unspecified atom stereocenters. The van der Waals surface area contributed by atoms with Crippen LogP contribution in [0.2, 0.25) is 0 Å². The van der Waals surface area contributed by atoms with Gasteiger partial charge in [0, 0.05) is 11.6 Å². The summed E-state index contributed by atoms with van der Waals surface area (Å²) in [5.74, 6) is -1.97. The van der Waals surface area contributed by atoms with Crippen LogP contribution in [0, 0.1) is 10.1 Å². The highest BCUT2D eigenvalue weighted by atomic mass is 16.6. The minimum absolute atomic E-state index is 0.0915. The maximum absolute atomic E-state index is 12.1. The summed E-state index contributed by atoms with van der Waals surface area (Å²) in [5.41, 5.74) is -1.54. The molecule has 0 amide bonds. The Morgan fingerprint density at radius 1 is 1.24 bits per heavy atom.